The second-order valence-electron chi connectivity index (χ2n) is 5.30. The first-order valence-electron chi connectivity index (χ1n) is 7.28. The lowest BCUT2D eigenvalue weighted by Crippen LogP contribution is -2.14. The molecule has 0 bridgehead atoms. The molecular formula is C18H20F2N2. The van der Waals surface area contributed by atoms with Crippen molar-refractivity contribution in [1.82, 2.24) is 4.90 Å². The maximum absolute atomic E-state index is 13.8. The van der Waals surface area contributed by atoms with Crippen molar-refractivity contribution >= 4 is 12.0 Å². The Kier molecular flexibility index (Phi) is 5.26. The summed E-state index contributed by atoms with van der Waals surface area (Å²) in [6.45, 7) is 4.71. The van der Waals surface area contributed by atoms with Crippen molar-refractivity contribution in [2.75, 3.05) is 13.6 Å². The van der Waals surface area contributed by atoms with Crippen molar-refractivity contribution in [1.29, 1.82) is 0 Å². The average molecular weight is 302 g/mol. The number of aliphatic imine (C=N–C) groups is 1. The summed E-state index contributed by atoms with van der Waals surface area (Å²) in [6, 6.07) is 9.41. The molecule has 2 aromatic rings. The van der Waals surface area contributed by atoms with Gasteiger partial charge in [0.15, 0.2) is 0 Å². The summed E-state index contributed by atoms with van der Waals surface area (Å²) >= 11 is 0. The van der Waals surface area contributed by atoms with Gasteiger partial charge in [-0.2, -0.15) is 0 Å². The van der Waals surface area contributed by atoms with Crippen molar-refractivity contribution in [2.24, 2.45) is 4.99 Å². The summed E-state index contributed by atoms with van der Waals surface area (Å²) in [7, 11) is 1.90. The second-order valence-corrected chi connectivity index (χ2v) is 5.30. The third-order valence-electron chi connectivity index (χ3n) is 3.68. The molecule has 0 unspecified atom stereocenters. The highest BCUT2D eigenvalue weighted by Gasteiger charge is 2.10. The van der Waals surface area contributed by atoms with Gasteiger partial charge in [-0.1, -0.05) is 18.2 Å². The number of benzene rings is 2. The predicted octanol–water partition coefficient (Wildman–Crippen LogP) is 4.48. The Labute approximate surface area is 130 Å². The molecule has 0 aliphatic rings. The molecule has 0 aliphatic heterocycles. The van der Waals surface area contributed by atoms with Crippen LogP contribution in [0.4, 0.5) is 14.5 Å². The standard InChI is InChI=1S/C18H20F2N2/c1-4-22(3)12-21-18-11-16(19)10-15(13(18)2)9-14-7-5-6-8-17(14)20/h5-8,10-12H,4,9H2,1-3H3. The van der Waals surface area contributed by atoms with E-state index in [0.717, 1.165) is 17.7 Å². The molecule has 0 spiro atoms. The third kappa shape index (κ3) is 3.91. The fourth-order valence-corrected chi connectivity index (χ4v) is 2.13. The van der Waals surface area contributed by atoms with Gasteiger partial charge in [0, 0.05) is 20.0 Å². The molecule has 2 aromatic carbocycles. The maximum Gasteiger partial charge on any atom is 0.126 e. The topological polar surface area (TPSA) is 15.6 Å². The zero-order valence-electron chi connectivity index (χ0n) is 13.1. The maximum atomic E-state index is 13.8. The van der Waals surface area contributed by atoms with Gasteiger partial charge in [-0.25, -0.2) is 13.8 Å². The zero-order chi connectivity index (χ0) is 16.1. The second kappa shape index (κ2) is 7.16. The zero-order valence-corrected chi connectivity index (χ0v) is 13.1. The van der Waals surface area contributed by atoms with Crippen molar-refractivity contribution in [3.63, 3.8) is 0 Å². The number of nitrogens with zero attached hydrogens (tertiary/aromatic N) is 2. The van der Waals surface area contributed by atoms with Gasteiger partial charge in [0.05, 0.1) is 12.0 Å². The SMILES string of the molecule is CCN(C)C=Nc1cc(F)cc(Cc2ccccc2F)c1C. The van der Waals surface area contributed by atoms with Gasteiger partial charge in [0.1, 0.15) is 11.6 Å². The summed E-state index contributed by atoms with van der Waals surface area (Å²) in [6.07, 6.45) is 2.02. The van der Waals surface area contributed by atoms with Crippen LogP contribution in [0, 0.1) is 18.6 Å². The highest BCUT2D eigenvalue weighted by Crippen LogP contribution is 2.26. The van der Waals surface area contributed by atoms with Gasteiger partial charge >= 0.3 is 0 Å². The normalized spacial score (nSPS) is 11.1. The van der Waals surface area contributed by atoms with E-state index in [9.17, 15) is 8.78 Å². The van der Waals surface area contributed by atoms with Crippen LogP contribution in [0.2, 0.25) is 0 Å². The molecule has 0 heterocycles. The molecule has 0 amide bonds. The molecule has 0 aromatic heterocycles. The van der Waals surface area contributed by atoms with E-state index < -0.39 is 0 Å². The first-order chi connectivity index (χ1) is 10.5. The van der Waals surface area contributed by atoms with Crippen LogP contribution in [0.5, 0.6) is 0 Å². The van der Waals surface area contributed by atoms with Gasteiger partial charge in [0.2, 0.25) is 0 Å². The fourth-order valence-electron chi connectivity index (χ4n) is 2.13. The fraction of sp³-hybridized carbons (Fsp3) is 0.278. The van der Waals surface area contributed by atoms with Crippen LogP contribution in [-0.4, -0.2) is 24.8 Å². The minimum Gasteiger partial charge on any atom is -0.366 e. The molecule has 0 atom stereocenters. The largest absolute Gasteiger partial charge is 0.366 e. The smallest absolute Gasteiger partial charge is 0.126 e. The molecule has 2 rings (SSSR count). The van der Waals surface area contributed by atoms with Crippen LogP contribution in [-0.2, 0) is 6.42 Å². The van der Waals surface area contributed by atoms with E-state index in [2.05, 4.69) is 4.99 Å². The lowest BCUT2D eigenvalue weighted by atomic mass is 9.99. The number of rotatable bonds is 5. The van der Waals surface area contributed by atoms with Gasteiger partial charge in [0.25, 0.3) is 0 Å². The molecule has 4 heteroatoms. The van der Waals surface area contributed by atoms with Crippen LogP contribution >= 0.6 is 0 Å². The van der Waals surface area contributed by atoms with Gasteiger partial charge in [-0.05, 0) is 48.7 Å². The molecule has 116 valence electrons. The molecule has 0 saturated heterocycles. The number of halogens is 2. The van der Waals surface area contributed by atoms with Crippen molar-refractivity contribution < 1.29 is 8.78 Å². The predicted molar refractivity (Wildman–Crippen MR) is 86.8 cm³/mol. The van der Waals surface area contributed by atoms with E-state index in [4.69, 9.17) is 0 Å². The molecule has 2 nitrogen and oxygen atoms in total. The highest BCUT2D eigenvalue weighted by molar-refractivity contribution is 5.64. The van der Waals surface area contributed by atoms with E-state index in [1.807, 2.05) is 25.8 Å². The lowest BCUT2D eigenvalue weighted by molar-refractivity contribution is 0.552. The van der Waals surface area contributed by atoms with Crippen molar-refractivity contribution in [3.8, 4) is 0 Å². The summed E-state index contributed by atoms with van der Waals surface area (Å²) < 4.78 is 27.6. The van der Waals surface area contributed by atoms with Gasteiger partial charge < -0.3 is 4.90 Å². The molecule has 0 radical (unpaired) electrons. The molecular weight excluding hydrogens is 282 g/mol. The first kappa shape index (κ1) is 16.1. The van der Waals surface area contributed by atoms with Crippen LogP contribution in [0.25, 0.3) is 0 Å². The number of hydrogen-bond acceptors (Lipinski definition) is 1. The average Bonchev–Trinajstić information content (AvgIpc) is 2.50. The van der Waals surface area contributed by atoms with Crippen molar-refractivity contribution in [2.45, 2.75) is 20.3 Å². The first-order valence-corrected chi connectivity index (χ1v) is 7.28. The minimum absolute atomic E-state index is 0.276. The summed E-state index contributed by atoms with van der Waals surface area (Å²) in [5.41, 5.74) is 2.74. The Morgan fingerprint density at radius 3 is 2.55 bits per heavy atom. The summed E-state index contributed by atoms with van der Waals surface area (Å²) in [5, 5.41) is 0. The quantitative estimate of drug-likeness (QED) is 0.587. The van der Waals surface area contributed by atoms with Crippen LogP contribution in [0.1, 0.15) is 23.6 Å². The Hall–Kier alpha value is -2.23. The molecule has 0 N–H and O–H groups in total. The Morgan fingerprint density at radius 1 is 1.14 bits per heavy atom. The summed E-state index contributed by atoms with van der Waals surface area (Å²) in [5.74, 6) is -0.634. The minimum atomic E-state index is -0.358. The molecule has 0 saturated carbocycles. The Bertz CT molecular complexity index is 681. The molecule has 0 fully saturated rings. The van der Waals surface area contributed by atoms with E-state index >= 15 is 0 Å². The van der Waals surface area contributed by atoms with E-state index in [1.165, 1.54) is 18.2 Å². The van der Waals surface area contributed by atoms with E-state index in [1.54, 1.807) is 24.5 Å². The third-order valence-corrected chi connectivity index (χ3v) is 3.68. The van der Waals surface area contributed by atoms with Gasteiger partial charge in [-0.15, -0.1) is 0 Å². The Morgan fingerprint density at radius 2 is 1.86 bits per heavy atom. The van der Waals surface area contributed by atoms with Crippen LogP contribution in [0.3, 0.4) is 0 Å². The molecule has 22 heavy (non-hydrogen) atoms. The van der Waals surface area contributed by atoms with Gasteiger partial charge in [-0.3, -0.25) is 0 Å². The monoisotopic (exact) mass is 302 g/mol. The van der Waals surface area contributed by atoms with E-state index in [0.29, 0.717) is 17.7 Å². The lowest BCUT2D eigenvalue weighted by Gasteiger charge is -2.12. The van der Waals surface area contributed by atoms with Crippen molar-refractivity contribution in [3.05, 3.63) is 64.7 Å². The van der Waals surface area contributed by atoms with E-state index in [-0.39, 0.29) is 11.6 Å². The Balaban J connectivity index is 2.35. The summed E-state index contributed by atoms with van der Waals surface area (Å²) in [4.78, 5) is 6.23. The van der Waals surface area contributed by atoms with Crippen LogP contribution in [0.15, 0.2) is 41.4 Å². The molecule has 0 aliphatic carbocycles. The number of hydrogen-bond donors (Lipinski definition) is 0. The van der Waals surface area contributed by atoms with Crippen LogP contribution < -0.4 is 0 Å². The highest BCUT2D eigenvalue weighted by atomic mass is 19.1.